The quantitative estimate of drug-likeness (QED) is 0.737. The second-order valence-electron chi connectivity index (χ2n) is 3.64. The molecule has 1 aromatic heterocycles. The number of nitrogens with zero attached hydrogens (tertiary/aromatic N) is 1. The minimum Gasteiger partial charge on any atom is -0.369 e. The number of ether oxygens (including phenoxy) is 1. The van der Waals surface area contributed by atoms with Gasteiger partial charge in [0.2, 0.25) is 0 Å². The Balaban J connectivity index is 1.82. The molecule has 2 rings (SSSR count). The Morgan fingerprint density at radius 1 is 1.12 bits per heavy atom. The lowest BCUT2D eigenvalue weighted by Gasteiger charge is -2.03. The smallest absolute Gasteiger partial charge is 0.190 e. The third-order valence-electron chi connectivity index (χ3n) is 2.33. The maximum Gasteiger partial charge on any atom is 0.190 e. The zero-order valence-electron chi connectivity index (χ0n) is 9.37. The first kappa shape index (κ1) is 11.5. The number of benzene rings is 1. The Morgan fingerprint density at radius 2 is 1.94 bits per heavy atom. The summed E-state index contributed by atoms with van der Waals surface area (Å²) in [4.78, 5) is 15.6. The number of hydrogen-bond donors (Lipinski definition) is 0. The summed E-state index contributed by atoms with van der Waals surface area (Å²) in [6.07, 6.45) is 3.19. The van der Waals surface area contributed by atoms with Crippen molar-refractivity contribution in [1.29, 1.82) is 0 Å². The Bertz CT molecular complexity index is 468. The molecule has 1 aromatic carbocycles. The minimum absolute atomic E-state index is 0.0472. The van der Waals surface area contributed by atoms with Crippen LogP contribution in [0.3, 0.4) is 0 Å². The molecule has 3 heteroatoms. The van der Waals surface area contributed by atoms with Crippen molar-refractivity contribution in [1.82, 2.24) is 4.98 Å². The number of rotatable bonds is 5. The number of carbonyl (C=O) groups is 1. The number of carbonyl (C=O) groups excluding carboxylic acids is 1. The van der Waals surface area contributed by atoms with Crippen molar-refractivity contribution in [2.24, 2.45) is 0 Å². The summed E-state index contributed by atoms with van der Waals surface area (Å²) < 4.78 is 5.36. The molecule has 17 heavy (non-hydrogen) atoms. The largest absolute Gasteiger partial charge is 0.369 e. The third-order valence-corrected chi connectivity index (χ3v) is 2.33. The second kappa shape index (κ2) is 5.92. The van der Waals surface area contributed by atoms with Gasteiger partial charge in [-0.15, -0.1) is 0 Å². The van der Waals surface area contributed by atoms with Gasteiger partial charge in [-0.3, -0.25) is 9.78 Å². The van der Waals surface area contributed by atoms with Gasteiger partial charge in [-0.25, -0.2) is 0 Å². The maximum atomic E-state index is 11.7. The van der Waals surface area contributed by atoms with Gasteiger partial charge in [-0.1, -0.05) is 30.3 Å². The molecule has 0 aliphatic heterocycles. The molecule has 0 bridgehead atoms. The Morgan fingerprint density at radius 3 is 2.65 bits per heavy atom. The number of aromatic nitrogens is 1. The fourth-order valence-corrected chi connectivity index (χ4v) is 1.45. The molecule has 1 heterocycles. The van der Waals surface area contributed by atoms with E-state index in [-0.39, 0.29) is 12.4 Å². The molecule has 86 valence electrons. The van der Waals surface area contributed by atoms with Crippen LogP contribution in [0.2, 0.25) is 0 Å². The van der Waals surface area contributed by atoms with E-state index in [4.69, 9.17) is 4.74 Å². The Kier molecular flexibility index (Phi) is 4.00. The van der Waals surface area contributed by atoms with Crippen LogP contribution in [-0.2, 0) is 11.3 Å². The van der Waals surface area contributed by atoms with Crippen LogP contribution >= 0.6 is 0 Å². The minimum atomic E-state index is -0.0472. The fourth-order valence-electron chi connectivity index (χ4n) is 1.45. The summed E-state index contributed by atoms with van der Waals surface area (Å²) in [7, 11) is 0. The van der Waals surface area contributed by atoms with Crippen molar-refractivity contribution in [2.45, 2.75) is 6.61 Å². The molecule has 0 aliphatic carbocycles. The van der Waals surface area contributed by atoms with E-state index in [1.54, 1.807) is 24.5 Å². The monoisotopic (exact) mass is 227 g/mol. The van der Waals surface area contributed by atoms with E-state index in [0.717, 1.165) is 5.56 Å². The number of hydrogen-bond acceptors (Lipinski definition) is 3. The summed E-state index contributed by atoms with van der Waals surface area (Å²) in [5.74, 6) is -0.0472. The van der Waals surface area contributed by atoms with Crippen molar-refractivity contribution in [3.05, 3.63) is 66.0 Å². The first-order valence-corrected chi connectivity index (χ1v) is 5.41. The fraction of sp³-hybridized carbons (Fsp3) is 0.143. The SMILES string of the molecule is O=C(COCc1ccccc1)c1cccnc1. The van der Waals surface area contributed by atoms with Gasteiger partial charge >= 0.3 is 0 Å². The van der Waals surface area contributed by atoms with Gasteiger partial charge in [0, 0.05) is 18.0 Å². The van der Waals surface area contributed by atoms with E-state index in [9.17, 15) is 4.79 Å². The molecule has 0 amide bonds. The zero-order chi connectivity index (χ0) is 11.9. The highest BCUT2D eigenvalue weighted by molar-refractivity contribution is 5.96. The van der Waals surface area contributed by atoms with E-state index >= 15 is 0 Å². The molecule has 0 radical (unpaired) electrons. The molecule has 0 N–H and O–H groups in total. The molecular formula is C14H13NO2. The van der Waals surface area contributed by atoms with Gasteiger partial charge in [0.25, 0.3) is 0 Å². The lowest BCUT2D eigenvalue weighted by atomic mass is 10.2. The Hall–Kier alpha value is -2.00. The van der Waals surface area contributed by atoms with Gasteiger partial charge in [0.1, 0.15) is 6.61 Å². The van der Waals surface area contributed by atoms with Gasteiger partial charge in [-0.05, 0) is 17.7 Å². The van der Waals surface area contributed by atoms with Crippen LogP contribution < -0.4 is 0 Å². The molecular weight excluding hydrogens is 214 g/mol. The third kappa shape index (κ3) is 3.50. The summed E-state index contributed by atoms with van der Waals surface area (Å²) in [5.41, 5.74) is 1.65. The predicted octanol–water partition coefficient (Wildman–Crippen LogP) is 2.48. The van der Waals surface area contributed by atoms with Crippen LogP contribution in [0.5, 0.6) is 0 Å². The summed E-state index contributed by atoms with van der Waals surface area (Å²) in [6, 6.07) is 13.3. The summed E-state index contributed by atoms with van der Waals surface area (Å²) in [5, 5.41) is 0. The number of pyridine rings is 1. The predicted molar refractivity (Wildman–Crippen MR) is 64.7 cm³/mol. The van der Waals surface area contributed by atoms with Gasteiger partial charge in [-0.2, -0.15) is 0 Å². The normalized spacial score (nSPS) is 10.1. The molecule has 0 saturated heterocycles. The van der Waals surface area contributed by atoms with Crippen LogP contribution in [0.4, 0.5) is 0 Å². The number of ketones is 1. The standard InChI is InChI=1S/C14H13NO2/c16-14(13-7-4-8-15-9-13)11-17-10-12-5-2-1-3-6-12/h1-9H,10-11H2. The van der Waals surface area contributed by atoms with Gasteiger partial charge in [0.05, 0.1) is 6.61 Å². The van der Waals surface area contributed by atoms with Crippen LogP contribution in [0.1, 0.15) is 15.9 Å². The van der Waals surface area contributed by atoms with Crippen molar-refractivity contribution >= 4 is 5.78 Å². The summed E-state index contributed by atoms with van der Waals surface area (Å²) in [6.45, 7) is 0.535. The van der Waals surface area contributed by atoms with Gasteiger partial charge in [0.15, 0.2) is 5.78 Å². The van der Waals surface area contributed by atoms with E-state index in [1.807, 2.05) is 30.3 Å². The lowest BCUT2D eigenvalue weighted by Crippen LogP contribution is -2.09. The van der Waals surface area contributed by atoms with E-state index in [2.05, 4.69) is 4.98 Å². The molecule has 3 nitrogen and oxygen atoms in total. The second-order valence-corrected chi connectivity index (χ2v) is 3.64. The van der Waals surface area contributed by atoms with Crippen molar-refractivity contribution < 1.29 is 9.53 Å². The highest BCUT2D eigenvalue weighted by Crippen LogP contribution is 2.02. The maximum absolute atomic E-state index is 11.7. The van der Waals surface area contributed by atoms with Crippen molar-refractivity contribution in [3.63, 3.8) is 0 Å². The van der Waals surface area contributed by atoms with E-state index < -0.39 is 0 Å². The number of Topliss-reactive ketones (excluding diaryl/α,β-unsaturated/α-hetero) is 1. The molecule has 0 aliphatic rings. The molecule has 0 unspecified atom stereocenters. The van der Waals surface area contributed by atoms with E-state index in [0.29, 0.717) is 12.2 Å². The first-order chi connectivity index (χ1) is 8.36. The average Bonchev–Trinajstić information content (AvgIpc) is 2.41. The van der Waals surface area contributed by atoms with E-state index in [1.165, 1.54) is 0 Å². The first-order valence-electron chi connectivity index (χ1n) is 5.41. The summed E-state index contributed by atoms with van der Waals surface area (Å²) >= 11 is 0. The molecule has 0 atom stereocenters. The topological polar surface area (TPSA) is 39.2 Å². The Labute approximate surface area is 100 Å². The highest BCUT2D eigenvalue weighted by atomic mass is 16.5. The average molecular weight is 227 g/mol. The molecule has 0 fully saturated rings. The van der Waals surface area contributed by atoms with Crippen LogP contribution in [-0.4, -0.2) is 17.4 Å². The van der Waals surface area contributed by atoms with Gasteiger partial charge < -0.3 is 4.74 Å². The molecule has 0 saturated carbocycles. The van der Waals surface area contributed by atoms with Crippen LogP contribution in [0, 0.1) is 0 Å². The highest BCUT2D eigenvalue weighted by Gasteiger charge is 2.05. The van der Waals surface area contributed by atoms with Crippen LogP contribution in [0.15, 0.2) is 54.9 Å². The van der Waals surface area contributed by atoms with Crippen LogP contribution in [0.25, 0.3) is 0 Å². The molecule has 0 spiro atoms. The molecule has 2 aromatic rings. The van der Waals surface area contributed by atoms with Crippen molar-refractivity contribution in [2.75, 3.05) is 6.61 Å². The zero-order valence-corrected chi connectivity index (χ0v) is 9.37. The van der Waals surface area contributed by atoms with Crippen molar-refractivity contribution in [3.8, 4) is 0 Å². The lowest BCUT2D eigenvalue weighted by molar-refractivity contribution is 0.0726.